The Labute approximate surface area is 67.9 Å². The van der Waals surface area contributed by atoms with Crippen molar-refractivity contribution in [3.8, 4) is 0 Å². The highest BCUT2D eigenvalue weighted by Gasteiger charge is 1.92. The van der Waals surface area contributed by atoms with E-state index in [4.69, 9.17) is 11.6 Å². The molecule has 0 bridgehead atoms. The van der Waals surface area contributed by atoms with Crippen LogP contribution in [-0.2, 0) is 0 Å². The zero-order valence-electron chi connectivity index (χ0n) is 6.89. The summed E-state index contributed by atoms with van der Waals surface area (Å²) in [5.74, 6) is 0. The molecule has 0 aromatic carbocycles. The highest BCUT2D eigenvalue weighted by atomic mass is 35.5. The maximum atomic E-state index is 5.73. The third kappa shape index (κ3) is 4.62. The average molecular weight is 163 g/mol. The molecule has 60 valence electrons. The molecule has 0 heterocycles. The summed E-state index contributed by atoms with van der Waals surface area (Å²) in [6.45, 7) is 2.98. The quantitative estimate of drug-likeness (QED) is 0.268. The fourth-order valence-corrected chi connectivity index (χ4v) is 0.555. The van der Waals surface area contributed by atoms with Crippen LogP contribution in [0, 0.1) is 0 Å². The second-order valence-electron chi connectivity index (χ2n) is 2.40. The number of hydrogen-bond donors (Lipinski definition) is 0. The molecular weight excluding hydrogens is 148 g/mol. The maximum Gasteiger partial charge on any atom is 0.193 e. The van der Waals surface area contributed by atoms with Gasteiger partial charge in [-0.2, -0.15) is 0 Å². The van der Waals surface area contributed by atoms with Crippen LogP contribution in [0.25, 0.3) is 0 Å². The van der Waals surface area contributed by atoms with E-state index < -0.39 is 0 Å². The van der Waals surface area contributed by atoms with Gasteiger partial charge in [0.25, 0.3) is 0 Å². The summed E-state index contributed by atoms with van der Waals surface area (Å²) in [7, 11) is 3.77. The Balaban J connectivity index is 3.48. The standard InChI is InChI=1S/C7H15ClN2/c1-4-5-6-9-7(8)10(2)3/h4-6H2,1-3H3. The molecular formula is C7H15ClN2. The zero-order chi connectivity index (χ0) is 7.98. The Bertz CT molecular complexity index is 110. The number of nitrogens with zero attached hydrogens (tertiary/aromatic N) is 2. The summed E-state index contributed by atoms with van der Waals surface area (Å²) in [5.41, 5.74) is 0. The van der Waals surface area contributed by atoms with E-state index in [1.165, 1.54) is 6.42 Å². The molecule has 0 aliphatic heterocycles. The van der Waals surface area contributed by atoms with E-state index in [9.17, 15) is 0 Å². The first-order valence-corrected chi connectivity index (χ1v) is 3.93. The molecule has 0 saturated heterocycles. The van der Waals surface area contributed by atoms with E-state index in [0.29, 0.717) is 5.29 Å². The summed E-state index contributed by atoms with van der Waals surface area (Å²) in [4.78, 5) is 5.92. The molecule has 3 heteroatoms. The lowest BCUT2D eigenvalue weighted by Crippen LogP contribution is -2.16. The summed E-state index contributed by atoms with van der Waals surface area (Å²) in [6.07, 6.45) is 2.28. The van der Waals surface area contributed by atoms with Gasteiger partial charge < -0.3 is 4.90 Å². The fraction of sp³-hybridized carbons (Fsp3) is 0.857. The summed E-state index contributed by atoms with van der Waals surface area (Å²) in [5, 5.41) is 0.591. The largest absolute Gasteiger partial charge is 0.353 e. The number of amidine groups is 1. The number of aliphatic imine (C=N–C) groups is 1. The highest BCUT2D eigenvalue weighted by Crippen LogP contribution is 1.93. The number of unbranched alkanes of at least 4 members (excludes halogenated alkanes) is 1. The Morgan fingerprint density at radius 3 is 2.50 bits per heavy atom. The van der Waals surface area contributed by atoms with Crippen LogP contribution < -0.4 is 0 Å². The lowest BCUT2D eigenvalue weighted by atomic mass is 10.3. The van der Waals surface area contributed by atoms with Crippen molar-refractivity contribution in [1.82, 2.24) is 4.90 Å². The van der Waals surface area contributed by atoms with Gasteiger partial charge in [0.15, 0.2) is 5.29 Å². The molecule has 0 N–H and O–H groups in total. The van der Waals surface area contributed by atoms with Crippen molar-refractivity contribution >= 4 is 16.9 Å². The van der Waals surface area contributed by atoms with Gasteiger partial charge in [-0.3, -0.25) is 4.99 Å². The molecule has 0 radical (unpaired) electrons. The maximum absolute atomic E-state index is 5.73. The Kier molecular flexibility index (Phi) is 5.40. The number of rotatable bonds is 3. The van der Waals surface area contributed by atoms with E-state index in [1.54, 1.807) is 4.90 Å². The van der Waals surface area contributed by atoms with Crippen molar-refractivity contribution in [3.63, 3.8) is 0 Å². The van der Waals surface area contributed by atoms with Gasteiger partial charge in [0, 0.05) is 20.6 Å². The van der Waals surface area contributed by atoms with E-state index in [1.807, 2.05) is 14.1 Å². The highest BCUT2D eigenvalue weighted by molar-refractivity contribution is 6.64. The lowest BCUT2D eigenvalue weighted by molar-refractivity contribution is 0.628. The van der Waals surface area contributed by atoms with Crippen LogP contribution in [0.15, 0.2) is 4.99 Å². The fourth-order valence-electron chi connectivity index (χ4n) is 0.471. The second kappa shape index (κ2) is 5.54. The van der Waals surface area contributed by atoms with E-state index in [2.05, 4.69) is 11.9 Å². The zero-order valence-corrected chi connectivity index (χ0v) is 7.65. The molecule has 0 fully saturated rings. The van der Waals surface area contributed by atoms with Gasteiger partial charge >= 0.3 is 0 Å². The predicted octanol–water partition coefficient (Wildman–Crippen LogP) is 1.94. The minimum Gasteiger partial charge on any atom is -0.353 e. The van der Waals surface area contributed by atoms with Crippen molar-refractivity contribution in [2.24, 2.45) is 4.99 Å². The predicted molar refractivity (Wildman–Crippen MR) is 46.8 cm³/mol. The number of hydrogen-bond acceptors (Lipinski definition) is 1. The van der Waals surface area contributed by atoms with Crippen LogP contribution in [0.1, 0.15) is 19.8 Å². The van der Waals surface area contributed by atoms with Crippen molar-refractivity contribution in [2.75, 3.05) is 20.6 Å². The molecule has 0 rings (SSSR count). The average Bonchev–Trinajstić information content (AvgIpc) is 1.88. The van der Waals surface area contributed by atoms with Gasteiger partial charge in [-0.1, -0.05) is 13.3 Å². The molecule has 0 aliphatic rings. The first-order chi connectivity index (χ1) is 4.68. The van der Waals surface area contributed by atoms with Gasteiger partial charge in [-0.15, -0.1) is 0 Å². The molecule has 0 spiro atoms. The van der Waals surface area contributed by atoms with Crippen LogP contribution >= 0.6 is 11.6 Å². The van der Waals surface area contributed by atoms with Gasteiger partial charge in [0.2, 0.25) is 0 Å². The first kappa shape index (κ1) is 9.76. The molecule has 0 saturated carbocycles. The molecule has 0 amide bonds. The monoisotopic (exact) mass is 162 g/mol. The van der Waals surface area contributed by atoms with Crippen molar-refractivity contribution in [3.05, 3.63) is 0 Å². The lowest BCUT2D eigenvalue weighted by Gasteiger charge is -2.07. The molecule has 0 aromatic rings. The molecule has 0 aromatic heterocycles. The van der Waals surface area contributed by atoms with Crippen LogP contribution in [0.2, 0.25) is 0 Å². The minimum atomic E-state index is 0.591. The van der Waals surface area contributed by atoms with E-state index in [0.717, 1.165) is 13.0 Å². The van der Waals surface area contributed by atoms with Gasteiger partial charge in [-0.05, 0) is 18.0 Å². The Morgan fingerprint density at radius 1 is 1.50 bits per heavy atom. The van der Waals surface area contributed by atoms with Crippen LogP contribution in [0.5, 0.6) is 0 Å². The van der Waals surface area contributed by atoms with Crippen molar-refractivity contribution in [1.29, 1.82) is 0 Å². The van der Waals surface area contributed by atoms with Crippen LogP contribution in [0.3, 0.4) is 0 Å². The third-order valence-corrected chi connectivity index (χ3v) is 1.58. The van der Waals surface area contributed by atoms with E-state index in [-0.39, 0.29) is 0 Å². The van der Waals surface area contributed by atoms with Crippen molar-refractivity contribution < 1.29 is 0 Å². The summed E-state index contributed by atoms with van der Waals surface area (Å²) in [6, 6.07) is 0. The van der Waals surface area contributed by atoms with E-state index >= 15 is 0 Å². The van der Waals surface area contributed by atoms with Gasteiger partial charge in [0.1, 0.15) is 0 Å². The SMILES string of the molecule is CCCCN=C(Cl)N(C)C. The van der Waals surface area contributed by atoms with Gasteiger partial charge in [0.05, 0.1) is 0 Å². The minimum absolute atomic E-state index is 0.591. The number of halogens is 1. The second-order valence-corrected chi connectivity index (χ2v) is 2.74. The molecule has 0 aliphatic carbocycles. The molecule has 0 atom stereocenters. The molecule has 10 heavy (non-hydrogen) atoms. The van der Waals surface area contributed by atoms with Gasteiger partial charge in [-0.25, -0.2) is 0 Å². The summed E-state index contributed by atoms with van der Waals surface area (Å²) >= 11 is 5.73. The Morgan fingerprint density at radius 2 is 2.10 bits per heavy atom. The van der Waals surface area contributed by atoms with Crippen LogP contribution in [-0.4, -0.2) is 30.8 Å². The van der Waals surface area contributed by atoms with Crippen LogP contribution in [0.4, 0.5) is 0 Å². The Hall–Kier alpha value is -0.240. The summed E-state index contributed by atoms with van der Waals surface area (Å²) < 4.78 is 0. The normalized spacial score (nSPS) is 11.8. The van der Waals surface area contributed by atoms with Crippen molar-refractivity contribution in [2.45, 2.75) is 19.8 Å². The first-order valence-electron chi connectivity index (χ1n) is 3.55. The smallest absolute Gasteiger partial charge is 0.193 e. The topological polar surface area (TPSA) is 15.6 Å². The molecule has 2 nitrogen and oxygen atoms in total. The molecule has 0 unspecified atom stereocenters. The third-order valence-electron chi connectivity index (χ3n) is 1.12.